The molecule has 0 saturated carbocycles. The monoisotopic (exact) mass is 214 g/mol. The van der Waals surface area contributed by atoms with Crippen molar-refractivity contribution in [2.24, 2.45) is 0 Å². The molecule has 0 bridgehead atoms. The lowest BCUT2D eigenvalue weighted by Crippen LogP contribution is -2.14. The number of aliphatic hydroxyl groups excluding tert-OH is 2. The van der Waals surface area contributed by atoms with Crippen molar-refractivity contribution in [3.63, 3.8) is 0 Å². The van der Waals surface area contributed by atoms with Crippen LogP contribution in [0.2, 0.25) is 0 Å². The molecule has 1 atom stereocenters. The van der Waals surface area contributed by atoms with Crippen LogP contribution in [0.4, 0.5) is 5.69 Å². The molecule has 4 nitrogen and oxygen atoms in total. The minimum absolute atomic E-state index is 0.221. The van der Waals surface area contributed by atoms with Gasteiger partial charge in [-0.15, -0.1) is 11.8 Å². The molecule has 1 aromatic heterocycles. The van der Waals surface area contributed by atoms with Gasteiger partial charge in [-0.3, -0.25) is 0 Å². The Labute approximate surface area is 87.2 Å². The number of aryl methyl sites for hydroxylation is 1. The molecule has 1 heterocycles. The summed E-state index contributed by atoms with van der Waals surface area (Å²) in [6.45, 7) is 1.69. The van der Waals surface area contributed by atoms with E-state index in [-0.39, 0.29) is 6.61 Å². The molecule has 1 aromatic rings. The van der Waals surface area contributed by atoms with E-state index in [1.165, 1.54) is 11.8 Å². The van der Waals surface area contributed by atoms with Crippen molar-refractivity contribution in [2.75, 3.05) is 18.1 Å². The fraction of sp³-hybridized carbons (Fsp3) is 0.444. The molecule has 0 radical (unpaired) electrons. The predicted octanol–water partition coefficient (Wildman–Crippen LogP) is 0.418. The maximum absolute atomic E-state index is 9.12. The minimum Gasteiger partial charge on any atom is -0.397 e. The lowest BCUT2D eigenvalue weighted by molar-refractivity contribution is 0.113. The molecule has 0 saturated heterocycles. The number of pyridine rings is 1. The molecule has 0 amide bonds. The van der Waals surface area contributed by atoms with E-state index >= 15 is 0 Å². The molecule has 1 unspecified atom stereocenters. The molecule has 0 spiro atoms. The van der Waals surface area contributed by atoms with Gasteiger partial charge in [0.05, 0.1) is 29.6 Å². The van der Waals surface area contributed by atoms with Crippen LogP contribution in [0.1, 0.15) is 5.56 Å². The molecule has 78 valence electrons. The highest BCUT2D eigenvalue weighted by Crippen LogP contribution is 2.19. The average molecular weight is 214 g/mol. The molecule has 14 heavy (non-hydrogen) atoms. The summed E-state index contributed by atoms with van der Waals surface area (Å²) in [4.78, 5) is 4.09. The van der Waals surface area contributed by atoms with E-state index in [1.54, 1.807) is 6.20 Å². The first-order valence-electron chi connectivity index (χ1n) is 4.27. The van der Waals surface area contributed by atoms with Crippen LogP contribution in [0.15, 0.2) is 17.3 Å². The molecule has 0 fully saturated rings. The summed E-state index contributed by atoms with van der Waals surface area (Å²) >= 11 is 1.40. The summed E-state index contributed by atoms with van der Waals surface area (Å²) in [5.74, 6) is 0.437. The SMILES string of the molecule is Cc1cc(SCC(O)CO)ncc1N. The smallest absolute Gasteiger partial charge is 0.0965 e. The number of nitrogens with zero attached hydrogens (tertiary/aromatic N) is 1. The number of aliphatic hydroxyl groups is 2. The van der Waals surface area contributed by atoms with Gasteiger partial charge >= 0.3 is 0 Å². The molecular weight excluding hydrogens is 200 g/mol. The third-order valence-corrected chi connectivity index (χ3v) is 2.83. The molecule has 0 aliphatic carbocycles. The quantitative estimate of drug-likeness (QED) is 0.633. The predicted molar refractivity (Wildman–Crippen MR) is 57.2 cm³/mol. The minimum atomic E-state index is -0.695. The first kappa shape index (κ1) is 11.3. The van der Waals surface area contributed by atoms with Gasteiger partial charge in [-0.2, -0.15) is 0 Å². The van der Waals surface area contributed by atoms with Gasteiger partial charge in [0.2, 0.25) is 0 Å². The summed E-state index contributed by atoms with van der Waals surface area (Å²) in [5.41, 5.74) is 7.25. The first-order valence-corrected chi connectivity index (χ1v) is 5.26. The molecular formula is C9H14N2O2S. The van der Waals surface area contributed by atoms with Crippen LogP contribution in [-0.4, -0.2) is 33.7 Å². The van der Waals surface area contributed by atoms with Crippen molar-refractivity contribution >= 4 is 17.4 Å². The van der Waals surface area contributed by atoms with Crippen molar-refractivity contribution in [3.8, 4) is 0 Å². The second-order valence-electron chi connectivity index (χ2n) is 3.03. The van der Waals surface area contributed by atoms with Crippen molar-refractivity contribution < 1.29 is 10.2 Å². The summed E-state index contributed by atoms with van der Waals surface area (Å²) in [7, 11) is 0. The first-order chi connectivity index (χ1) is 6.63. The van der Waals surface area contributed by atoms with Crippen molar-refractivity contribution in [3.05, 3.63) is 17.8 Å². The van der Waals surface area contributed by atoms with Crippen molar-refractivity contribution in [1.82, 2.24) is 4.98 Å². The Morgan fingerprint density at radius 3 is 2.93 bits per heavy atom. The van der Waals surface area contributed by atoms with Gasteiger partial charge in [-0.1, -0.05) is 0 Å². The number of nitrogens with two attached hydrogens (primary N) is 1. The van der Waals surface area contributed by atoms with Crippen molar-refractivity contribution in [1.29, 1.82) is 0 Å². The van der Waals surface area contributed by atoms with Crippen LogP contribution in [-0.2, 0) is 0 Å². The number of rotatable bonds is 4. The summed E-state index contributed by atoms with van der Waals surface area (Å²) < 4.78 is 0. The largest absolute Gasteiger partial charge is 0.397 e. The molecule has 0 aliphatic heterocycles. The van der Waals surface area contributed by atoms with Gasteiger partial charge in [-0.25, -0.2) is 4.98 Å². The second kappa shape index (κ2) is 5.19. The van der Waals surface area contributed by atoms with Crippen LogP contribution in [0, 0.1) is 6.92 Å². The third-order valence-electron chi connectivity index (χ3n) is 1.76. The number of thioether (sulfide) groups is 1. The molecule has 4 N–H and O–H groups in total. The highest BCUT2D eigenvalue weighted by atomic mass is 32.2. The Kier molecular flexibility index (Phi) is 4.19. The van der Waals surface area contributed by atoms with Gasteiger partial charge in [0.15, 0.2) is 0 Å². The number of aromatic nitrogens is 1. The highest BCUT2D eigenvalue weighted by molar-refractivity contribution is 7.99. The summed E-state index contributed by atoms with van der Waals surface area (Å²) in [6, 6.07) is 1.87. The van der Waals surface area contributed by atoms with E-state index in [0.717, 1.165) is 10.6 Å². The van der Waals surface area contributed by atoms with E-state index in [9.17, 15) is 0 Å². The summed E-state index contributed by atoms with van der Waals surface area (Å²) in [6.07, 6.45) is 0.905. The second-order valence-corrected chi connectivity index (χ2v) is 4.07. The van der Waals surface area contributed by atoms with Crippen LogP contribution in [0.3, 0.4) is 0 Å². The number of hydrogen-bond acceptors (Lipinski definition) is 5. The van der Waals surface area contributed by atoms with Crippen LogP contribution in [0.5, 0.6) is 0 Å². The van der Waals surface area contributed by atoms with Gasteiger partial charge < -0.3 is 15.9 Å². The lowest BCUT2D eigenvalue weighted by atomic mass is 10.3. The van der Waals surface area contributed by atoms with Crippen LogP contribution < -0.4 is 5.73 Å². The fourth-order valence-electron chi connectivity index (χ4n) is 0.854. The zero-order chi connectivity index (χ0) is 10.6. The molecule has 5 heteroatoms. The maximum Gasteiger partial charge on any atom is 0.0965 e. The van der Waals surface area contributed by atoms with Crippen LogP contribution in [0.25, 0.3) is 0 Å². The molecule has 1 rings (SSSR count). The Hall–Kier alpha value is -0.780. The van der Waals surface area contributed by atoms with Gasteiger partial charge in [-0.05, 0) is 18.6 Å². The van der Waals surface area contributed by atoms with Crippen molar-refractivity contribution in [2.45, 2.75) is 18.1 Å². The molecule has 0 aromatic carbocycles. The highest BCUT2D eigenvalue weighted by Gasteiger charge is 2.04. The van der Waals surface area contributed by atoms with Gasteiger partial charge in [0.25, 0.3) is 0 Å². The number of nitrogen functional groups attached to an aromatic ring is 1. The van der Waals surface area contributed by atoms with E-state index in [4.69, 9.17) is 15.9 Å². The fourth-order valence-corrected chi connectivity index (χ4v) is 1.71. The Bertz CT molecular complexity index is 307. The third kappa shape index (κ3) is 3.17. The van der Waals surface area contributed by atoms with E-state index in [2.05, 4.69) is 4.98 Å². The Balaban J connectivity index is 2.55. The van der Waals surface area contributed by atoms with Crippen LogP contribution >= 0.6 is 11.8 Å². The standard InChI is InChI=1S/C9H14N2O2S/c1-6-2-9(11-3-8(6)10)14-5-7(13)4-12/h2-3,7,12-13H,4-5,10H2,1H3. The maximum atomic E-state index is 9.12. The average Bonchev–Trinajstić information content (AvgIpc) is 2.19. The zero-order valence-corrected chi connectivity index (χ0v) is 8.79. The Morgan fingerprint density at radius 2 is 2.36 bits per heavy atom. The number of hydrogen-bond donors (Lipinski definition) is 3. The Morgan fingerprint density at radius 1 is 1.64 bits per heavy atom. The normalized spacial score (nSPS) is 12.8. The molecule has 0 aliphatic rings. The van der Waals surface area contributed by atoms with Gasteiger partial charge in [0, 0.05) is 5.75 Å². The topological polar surface area (TPSA) is 79.4 Å². The van der Waals surface area contributed by atoms with E-state index < -0.39 is 6.10 Å². The zero-order valence-electron chi connectivity index (χ0n) is 7.97. The summed E-state index contributed by atoms with van der Waals surface area (Å²) in [5, 5.41) is 18.5. The van der Waals surface area contributed by atoms with E-state index in [0.29, 0.717) is 11.4 Å². The van der Waals surface area contributed by atoms with E-state index in [1.807, 2.05) is 13.0 Å². The number of anilines is 1. The lowest BCUT2D eigenvalue weighted by Gasteiger charge is -2.06. The van der Waals surface area contributed by atoms with Gasteiger partial charge in [0.1, 0.15) is 0 Å².